The summed E-state index contributed by atoms with van der Waals surface area (Å²) in [7, 11) is 3.84. The smallest absolute Gasteiger partial charge is 0.241 e. The number of likely N-dealkylation sites (N-methyl/N-ethyl adjacent to an activating group) is 1. The first-order valence-electron chi connectivity index (χ1n) is 8.63. The van der Waals surface area contributed by atoms with Gasteiger partial charge in [0.15, 0.2) is 0 Å². The van der Waals surface area contributed by atoms with E-state index in [9.17, 15) is 4.79 Å². The van der Waals surface area contributed by atoms with Crippen LogP contribution in [0.25, 0.3) is 0 Å². The molecule has 130 valence electrons. The normalized spacial score (nSPS) is 18.2. The molecule has 0 saturated heterocycles. The average molecular weight is 356 g/mol. The molecule has 0 saturated carbocycles. The monoisotopic (exact) mass is 355 g/mol. The standard InChI is InChI=1S/C20H22ClN3O/c1-13-16-11-15(21)10-14-8-9-23(20(14)16)17-6-4-5-7-18(17)24(13)19(25)12-22(2)3/h4-7,10-11,13H,8-9,12H2,1-3H3. The van der Waals surface area contributed by atoms with Crippen LogP contribution in [0, 0.1) is 0 Å². The Balaban J connectivity index is 1.94. The van der Waals surface area contributed by atoms with E-state index in [1.807, 2.05) is 48.2 Å². The van der Waals surface area contributed by atoms with Gasteiger partial charge in [-0.25, -0.2) is 0 Å². The molecular weight excluding hydrogens is 334 g/mol. The maximum atomic E-state index is 13.1. The molecule has 0 spiro atoms. The lowest BCUT2D eigenvalue weighted by Crippen LogP contribution is -2.39. The lowest BCUT2D eigenvalue weighted by molar-refractivity contribution is -0.119. The van der Waals surface area contributed by atoms with E-state index >= 15 is 0 Å². The van der Waals surface area contributed by atoms with Crippen LogP contribution < -0.4 is 9.80 Å². The maximum Gasteiger partial charge on any atom is 0.241 e. The lowest BCUT2D eigenvalue weighted by Gasteiger charge is -2.30. The Hall–Kier alpha value is -2.04. The Morgan fingerprint density at radius 2 is 1.96 bits per heavy atom. The fourth-order valence-electron chi connectivity index (χ4n) is 4.04. The van der Waals surface area contributed by atoms with Crippen molar-refractivity contribution in [1.82, 2.24) is 4.90 Å². The summed E-state index contributed by atoms with van der Waals surface area (Å²) in [6.07, 6.45) is 0.982. The fourth-order valence-corrected chi connectivity index (χ4v) is 4.29. The van der Waals surface area contributed by atoms with E-state index < -0.39 is 0 Å². The second kappa shape index (κ2) is 6.04. The lowest BCUT2D eigenvalue weighted by atomic mass is 10.0. The number of benzene rings is 2. The topological polar surface area (TPSA) is 26.8 Å². The van der Waals surface area contributed by atoms with Gasteiger partial charge in [0.05, 0.1) is 24.0 Å². The number of halogens is 1. The van der Waals surface area contributed by atoms with E-state index in [1.54, 1.807) is 0 Å². The van der Waals surface area contributed by atoms with Crippen LogP contribution in [-0.2, 0) is 11.2 Å². The van der Waals surface area contributed by atoms with Crippen molar-refractivity contribution in [2.75, 3.05) is 37.0 Å². The van der Waals surface area contributed by atoms with Gasteiger partial charge < -0.3 is 14.7 Å². The summed E-state index contributed by atoms with van der Waals surface area (Å²) in [5.41, 5.74) is 5.70. The number of nitrogens with zero attached hydrogens (tertiary/aromatic N) is 3. The van der Waals surface area contributed by atoms with Crippen molar-refractivity contribution in [2.45, 2.75) is 19.4 Å². The van der Waals surface area contributed by atoms with Crippen LogP contribution in [0.5, 0.6) is 0 Å². The molecule has 2 aromatic rings. The molecule has 0 aromatic heterocycles. The largest absolute Gasteiger partial charge is 0.339 e. The zero-order valence-corrected chi connectivity index (χ0v) is 15.5. The van der Waals surface area contributed by atoms with Gasteiger partial charge in [0, 0.05) is 22.8 Å². The summed E-state index contributed by atoms with van der Waals surface area (Å²) >= 11 is 6.39. The van der Waals surface area contributed by atoms with Crippen molar-refractivity contribution in [3.8, 4) is 0 Å². The van der Waals surface area contributed by atoms with Gasteiger partial charge >= 0.3 is 0 Å². The van der Waals surface area contributed by atoms with Crippen LogP contribution in [0.2, 0.25) is 5.02 Å². The van der Waals surface area contributed by atoms with Gasteiger partial charge in [-0.2, -0.15) is 0 Å². The Morgan fingerprint density at radius 3 is 2.68 bits per heavy atom. The molecule has 4 rings (SSSR count). The Morgan fingerprint density at radius 1 is 1.24 bits per heavy atom. The zero-order valence-electron chi connectivity index (χ0n) is 14.8. The molecule has 0 N–H and O–H groups in total. The highest BCUT2D eigenvalue weighted by Crippen LogP contribution is 2.49. The predicted octanol–water partition coefficient (Wildman–Crippen LogP) is 4.00. The Labute approximate surface area is 153 Å². The molecule has 2 aromatic carbocycles. The SMILES string of the molecule is CC1c2cc(Cl)cc3c2N(CC3)c2ccccc2N1C(=O)CN(C)C. The Kier molecular flexibility index (Phi) is 3.97. The molecular formula is C20H22ClN3O. The number of carbonyl (C=O) groups is 1. The summed E-state index contributed by atoms with van der Waals surface area (Å²) in [5.74, 6) is 0.0971. The molecule has 0 bridgehead atoms. The first-order chi connectivity index (χ1) is 12.0. The summed E-state index contributed by atoms with van der Waals surface area (Å²) < 4.78 is 0. The van der Waals surface area contributed by atoms with Crippen molar-refractivity contribution >= 4 is 34.6 Å². The summed E-state index contributed by atoms with van der Waals surface area (Å²) in [6.45, 7) is 3.39. The van der Waals surface area contributed by atoms with Crippen LogP contribution in [0.15, 0.2) is 36.4 Å². The number of hydrogen-bond acceptors (Lipinski definition) is 3. The third kappa shape index (κ3) is 2.60. The van der Waals surface area contributed by atoms with E-state index in [0.717, 1.165) is 34.9 Å². The van der Waals surface area contributed by atoms with Gasteiger partial charge in [-0.1, -0.05) is 23.7 Å². The number of para-hydroxylation sites is 2. The number of hydrogen-bond donors (Lipinski definition) is 0. The minimum atomic E-state index is -0.0656. The van der Waals surface area contributed by atoms with Crippen molar-refractivity contribution in [3.63, 3.8) is 0 Å². The van der Waals surface area contributed by atoms with E-state index in [0.29, 0.717) is 6.54 Å². The maximum absolute atomic E-state index is 13.1. The van der Waals surface area contributed by atoms with Gasteiger partial charge in [-0.05, 0) is 57.3 Å². The molecule has 0 aliphatic carbocycles. The average Bonchev–Trinajstić information content (AvgIpc) is 2.93. The number of fused-ring (bicyclic) bond motifs is 2. The van der Waals surface area contributed by atoms with Crippen molar-refractivity contribution in [3.05, 3.63) is 52.5 Å². The van der Waals surface area contributed by atoms with Gasteiger partial charge in [-0.3, -0.25) is 4.79 Å². The first kappa shape index (κ1) is 16.4. The minimum Gasteiger partial charge on any atom is -0.339 e. The summed E-state index contributed by atoms with van der Waals surface area (Å²) in [5, 5.41) is 0.744. The van der Waals surface area contributed by atoms with Crippen LogP contribution >= 0.6 is 11.6 Å². The fraction of sp³-hybridized carbons (Fsp3) is 0.350. The number of anilines is 3. The zero-order chi connectivity index (χ0) is 17.7. The van der Waals surface area contributed by atoms with Crippen molar-refractivity contribution in [2.24, 2.45) is 0 Å². The molecule has 0 radical (unpaired) electrons. The number of rotatable bonds is 2. The molecule has 1 atom stereocenters. The predicted molar refractivity (Wildman–Crippen MR) is 103 cm³/mol. The molecule has 5 heteroatoms. The van der Waals surface area contributed by atoms with Gasteiger partial charge in [0.2, 0.25) is 5.91 Å². The second-order valence-electron chi connectivity index (χ2n) is 7.07. The van der Waals surface area contributed by atoms with E-state index in [2.05, 4.69) is 24.0 Å². The van der Waals surface area contributed by atoms with Crippen LogP contribution in [0.4, 0.5) is 17.1 Å². The molecule has 0 fully saturated rings. The molecule has 2 aliphatic rings. The molecule has 2 aliphatic heterocycles. The summed E-state index contributed by atoms with van der Waals surface area (Å²) in [6, 6.07) is 12.2. The molecule has 1 unspecified atom stereocenters. The highest BCUT2D eigenvalue weighted by atomic mass is 35.5. The minimum absolute atomic E-state index is 0.0656. The number of amides is 1. The molecule has 4 nitrogen and oxygen atoms in total. The van der Waals surface area contributed by atoms with E-state index in [4.69, 9.17) is 11.6 Å². The molecule has 25 heavy (non-hydrogen) atoms. The third-order valence-corrected chi connectivity index (χ3v) is 5.27. The van der Waals surface area contributed by atoms with E-state index in [1.165, 1.54) is 11.3 Å². The van der Waals surface area contributed by atoms with Crippen LogP contribution in [0.3, 0.4) is 0 Å². The highest BCUT2D eigenvalue weighted by Gasteiger charge is 2.36. The summed E-state index contributed by atoms with van der Waals surface area (Å²) in [4.78, 5) is 19.3. The quantitative estimate of drug-likeness (QED) is 0.814. The van der Waals surface area contributed by atoms with Gasteiger partial charge in [-0.15, -0.1) is 0 Å². The van der Waals surface area contributed by atoms with E-state index in [-0.39, 0.29) is 11.9 Å². The van der Waals surface area contributed by atoms with Gasteiger partial charge in [0.1, 0.15) is 0 Å². The highest BCUT2D eigenvalue weighted by molar-refractivity contribution is 6.31. The Bertz CT molecular complexity index is 849. The van der Waals surface area contributed by atoms with Crippen molar-refractivity contribution < 1.29 is 4.79 Å². The number of carbonyl (C=O) groups excluding carboxylic acids is 1. The van der Waals surface area contributed by atoms with Crippen LogP contribution in [-0.4, -0.2) is 38.0 Å². The second-order valence-corrected chi connectivity index (χ2v) is 7.51. The third-order valence-electron chi connectivity index (χ3n) is 5.05. The van der Waals surface area contributed by atoms with Gasteiger partial charge in [0.25, 0.3) is 0 Å². The van der Waals surface area contributed by atoms with Crippen LogP contribution in [0.1, 0.15) is 24.1 Å². The first-order valence-corrected chi connectivity index (χ1v) is 9.01. The van der Waals surface area contributed by atoms with Crippen molar-refractivity contribution in [1.29, 1.82) is 0 Å². The molecule has 1 amide bonds. The molecule has 2 heterocycles.